The molecule has 0 aliphatic heterocycles. The van der Waals surface area contributed by atoms with Crippen molar-refractivity contribution in [3.8, 4) is 21.1 Å². The normalized spacial score (nSPS) is 10.8. The van der Waals surface area contributed by atoms with Gasteiger partial charge < -0.3 is 4.74 Å². The van der Waals surface area contributed by atoms with Crippen molar-refractivity contribution in [3.05, 3.63) is 69.3 Å². The number of benzene rings is 1. The van der Waals surface area contributed by atoms with Gasteiger partial charge in [0, 0.05) is 27.3 Å². The van der Waals surface area contributed by atoms with Gasteiger partial charge in [-0.1, -0.05) is 30.3 Å². The van der Waals surface area contributed by atoms with E-state index in [0.29, 0.717) is 0 Å². The lowest BCUT2D eigenvalue weighted by Gasteiger charge is -2.01. The highest BCUT2D eigenvalue weighted by Gasteiger charge is 2.12. The third-order valence-electron chi connectivity index (χ3n) is 3.60. The van der Waals surface area contributed by atoms with Crippen LogP contribution in [0.3, 0.4) is 0 Å². The van der Waals surface area contributed by atoms with Gasteiger partial charge in [0.05, 0.1) is 17.8 Å². The highest BCUT2D eigenvalue weighted by molar-refractivity contribution is 7.14. The van der Waals surface area contributed by atoms with Crippen LogP contribution in [0.1, 0.15) is 11.4 Å². The molecule has 0 N–H and O–H groups in total. The Balaban J connectivity index is 1.32. The first-order chi connectivity index (χ1) is 12.8. The van der Waals surface area contributed by atoms with E-state index in [1.807, 2.05) is 57.9 Å². The standard InChI is InChI=1S/C19H14N2O2S3/c22-17(8-15-11-25-19(20-15)14-6-7-24-10-14)23-9-16-12-26-18(21-16)13-4-2-1-3-5-13/h1-7,10-12H,8-9H2. The second kappa shape index (κ2) is 7.90. The van der Waals surface area contributed by atoms with Crippen molar-refractivity contribution in [2.24, 2.45) is 0 Å². The number of hydrogen-bond donors (Lipinski definition) is 0. The summed E-state index contributed by atoms with van der Waals surface area (Å²) in [6.45, 7) is 0.184. The molecule has 0 unspecified atom stereocenters. The van der Waals surface area contributed by atoms with Crippen molar-refractivity contribution in [2.45, 2.75) is 13.0 Å². The zero-order chi connectivity index (χ0) is 17.8. The minimum Gasteiger partial charge on any atom is -0.459 e. The summed E-state index contributed by atoms with van der Waals surface area (Å²) in [5.41, 5.74) is 3.66. The number of esters is 1. The number of nitrogens with zero attached hydrogens (tertiary/aromatic N) is 2. The molecule has 0 radical (unpaired) electrons. The largest absolute Gasteiger partial charge is 0.459 e. The fourth-order valence-electron chi connectivity index (χ4n) is 2.35. The fourth-order valence-corrected chi connectivity index (χ4v) is 4.69. The Hall–Kier alpha value is -2.35. The summed E-state index contributed by atoms with van der Waals surface area (Å²) >= 11 is 4.72. The summed E-state index contributed by atoms with van der Waals surface area (Å²) in [4.78, 5) is 21.1. The number of thiazole rings is 2. The maximum atomic E-state index is 12.1. The summed E-state index contributed by atoms with van der Waals surface area (Å²) in [5, 5.41) is 9.76. The van der Waals surface area contributed by atoms with Crippen LogP contribution in [0.5, 0.6) is 0 Å². The first-order valence-corrected chi connectivity index (χ1v) is 10.6. The third-order valence-corrected chi connectivity index (χ3v) is 6.16. The number of carbonyl (C=O) groups is 1. The molecule has 0 aliphatic rings. The SMILES string of the molecule is O=C(Cc1csc(-c2ccsc2)n1)OCc1csc(-c2ccccc2)n1. The van der Waals surface area contributed by atoms with E-state index in [4.69, 9.17) is 4.74 Å². The molecular weight excluding hydrogens is 384 g/mol. The molecule has 4 nitrogen and oxygen atoms in total. The molecular formula is C19H14N2O2S3. The molecule has 0 amide bonds. The Morgan fingerprint density at radius 1 is 0.885 bits per heavy atom. The molecule has 4 aromatic rings. The summed E-state index contributed by atoms with van der Waals surface area (Å²) in [5.74, 6) is -0.290. The summed E-state index contributed by atoms with van der Waals surface area (Å²) in [6.07, 6.45) is 0.177. The van der Waals surface area contributed by atoms with Gasteiger partial charge in [0.1, 0.15) is 16.6 Å². The van der Waals surface area contributed by atoms with E-state index in [-0.39, 0.29) is 19.0 Å². The van der Waals surface area contributed by atoms with E-state index >= 15 is 0 Å². The molecule has 3 aromatic heterocycles. The maximum absolute atomic E-state index is 12.1. The molecule has 0 atom stereocenters. The van der Waals surface area contributed by atoms with Gasteiger partial charge in [-0.2, -0.15) is 11.3 Å². The minimum atomic E-state index is -0.290. The molecule has 0 spiro atoms. The second-order valence-corrected chi connectivity index (χ2v) is 8.00. The summed E-state index contributed by atoms with van der Waals surface area (Å²) in [6, 6.07) is 12.0. The van der Waals surface area contributed by atoms with Gasteiger partial charge in [-0.15, -0.1) is 22.7 Å². The van der Waals surface area contributed by atoms with Crippen LogP contribution in [0.4, 0.5) is 0 Å². The quantitative estimate of drug-likeness (QED) is 0.415. The van der Waals surface area contributed by atoms with Gasteiger partial charge in [0.15, 0.2) is 0 Å². The van der Waals surface area contributed by atoms with Crippen molar-refractivity contribution >= 4 is 40.0 Å². The molecule has 4 rings (SSSR count). The van der Waals surface area contributed by atoms with Gasteiger partial charge >= 0.3 is 5.97 Å². The topological polar surface area (TPSA) is 52.1 Å². The molecule has 0 saturated heterocycles. The molecule has 130 valence electrons. The third kappa shape index (κ3) is 4.07. The lowest BCUT2D eigenvalue weighted by atomic mass is 10.2. The van der Waals surface area contributed by atoms with Gasteiger partial charge in [-0.05, 0) is 11.4 Å². The molecule has 7 heteroatoms. The number of carbonyl (C=O) groups excluding carboxylic acids is 1. The Bertz CT molecular complexity index is 991. The van der Waals surface area contributed by atoms with Crippen LogP contribution in [0.25, 0.3) is 21.1 Å². The Labute approximate surface area is 162 Å². The van der Waals surface area contributed by atoms with Crippen LogP contribution in [-0.4, -0.2) is 15.9 Å². The van der Waals surface area contributed by atoms with Crippen molar-refractivity contribution in [2.75, 3.05) is 0 Å². The highest BCUT2D eigenvalue weighted by atomic mass is 32.1. The van der Waals surface area contributed by atoms with Crippen LogP contribution in [0.15, 0.2) is 57.9 Å². The average Bonchev–Trinajstić information content (AvgIpc) is 3.41. The lowest BCUT2D eigenvalue weighted by Crippen LogP contribution is -2.08. The number of hydrogen-bond acceptors (Lipinski definition) is 7. The van der Waals surface area contributed by atoms with Crippen LogP contribution >= 0.6 is 34.0 Å². The molecule has 0 fully saturated rings. The van der Waals surface area contributed by atoms with Crippen LogP contribution in [0.2, 0.25) is 0 Å². The van der Waals surface area contributed by atoms with Crippen LogP contribution < -0.4 is 0 Å². The van der Waals surface area contributed by atoms with Gasteiger partial charge in [0.25, 0.3) is 0 Å². The number of thiophene rings is 1. The smallest absolute Gasteiger partial charge is 0.312 e. The van der Waals surface area contributed by atoms with E-state index < -0.39 is 0 Å². The van der Waals surface area contributed by atoms with Crippen LogP contribution in [0, 0.1) is 0 Å². The molecule has 0 aliphatic carbocycles. The molecule has 0 bridgehead atoms. The predicted molar refractivity (Wildman–Crippen MR) is 106 cm³/mol. The summed E-state index contributed by atoms with van der Waals surface area (Å²) < 4.78 is 5.35. The van der Waals surface area contributed by atoms with E-state index in [2.05, 4.69) is 9.97 Å². The summed E-state index contributed by atoms with van der Waals surface area (Å²) in [7, 11) is 0. The predicted octanol–water partition coefficient (Wildman–Crippen LogP) is 5.28. The maximum Gasteiger partial charge on any atom is 0.312 e. The highest BCUT2D eigenvalue weighted by Crippen LogP contribution is 2.26. The van der Waals surface area contributed by atoms with Gasteiger partial charge in [-0.25, -0.2) is 9.97 Å². The van der Waals surface area contributed by atoms with Crippen molar-refractivity contribution < 1.29 is 9.53 Å². The molecule has 3 heterocycles. The van der Waals surface area contributed by atoms with Crippen LogP contribution in [-0.2, 0) is 22.6 Å². The van der Waals surface area contributed by atoms with Crippen molar-refractivity contribution in [3.63, 3.8) is 0 Å². The lowest BCUT2D eigenvalue weighted by molar-refractivity contribution is -0.144. The monoisotopic (exact) mass is 398 g/mol. The number of ether oxygens (including phenoxy) is 1. The molecule has 1 aromatic carbocycles. The Morgan fingerprint density at radius 3 is 2.38 bits per heavy atom. The minimum absolute atomic E-state index is 0.177. The van der Waals surface area contributed by atoms with Gasteiger partial charge in [0.2, 0.25) is 0 Å². The fraction of sp³-hybridized carbons (Fsp3) is 0.105. The first kappa shape index (κ1) is 17.1. The number of aromatic nitrogens is 2. The zero-order valence-corrected chi connectivity index (χ0v) is 16.1. The van der Waals surface area contributed by atoms with E-state index in [1.165, 1.54) is 0 Å². The van der Waals surface area contributed by atoms with E-state index in [9.17, 15) is 4.79 Å². The van der Waals surface area contributed by atoms with E-state index in [1.54, 1.807) is 34.0 Å². The van der Waals surface area contributed by atoms with Crippen molar-refractivity contribution in [1.29, 1.82) is 0 Å². The molecule has 26 heavy (non-hydrogen) atoms. The Kier molecular flexibility index (Phi) is 5.19. The Morgan fingerprint density at radius 2 is 1.62 bits per heavy atom. The zero-order valence-electron chi connectivity index (χ0n) is 13.6. The second-order valence-electron chi connectivity index (χ2n) is 5.50. The first-order valence-electron chi connectivity index (χ1n) is 7.90. The van der Waals surface area contributed by atoms with Crippen molar-refractivity contribution in [1.82, 2.24) is 9.97 Å². The average molecular weight is 399 g/mol. The number of rotatable bonds is 6. The van der Waals surface area contributed by atoms with Gasteiger partial charge in [-0.3, -0.25) is 4.79 Å². The van der Waals surface area contributed by atoms with E-state index in [0.717, 1.165) is 32.5 Å². The molecule has 0 saturated carbocycles.